The van der Waals surface area contributed by atoms with Crippen LogP contribution in [0, 0.1) is 0 Å². The van der Waals surface area contributed by atoms with Gasteiger partial charge in [-0.2, -0.15) is 0 Å². The summed E-state index contributed by atoms with van der Waals surface area (Å²) in [7, 11) is 0. The number of amides is 2. The lowest BCUT2D eigenvalue weighted by Gasteiger charge is -2.21. The standard InChI is InChI=1S/C14H14BrN3O2S/c15-7-3-1-5-9-10(7)11(16)12(21-9)14(20)18-6-2-4-8(18)13(17)19/h1,3,5,8H,2,4,6,16H2,(H2,17,19). The lowest BCUT2D eigenvalue weighted by Crippen LogP contribution is -2.43. The second-order valence-corrected chi connectivity index (χ2v) is 6.92. The minimum Gasteiger partial charge on any atom is -0.397 e. The van der Waals surface area contributed by atoms with E-state index >= 15 is 0 Å². The van der Waals surface area contributed by atoms with E-state index in [-0.39, 0.29) is 5.91 Å². The van der Waals surface area contributed by atoms with Gasteiger partial charge in [-0.25, -0.2) is 0 Å². The predicted molar refractivity (Wildman–Crippen MR) is 87.2 cm³/mol. The van der Waals surface area contributed by atoms with Crippen LogP contribution in [0.25, 0.3) is 10.1 Å². The van der Waals surface area contributed by atoms with Crippen molar-refractivity contribution in [1.82, 2.24) is 4.90 Å². The summed E-state index contributed by atoms with van der Waals surface area (Å²) in [6, 6.07) is 5.19. The molecule has 0 spiro atoms. The molecule has 1 saturated heterocycles. The third-order valence-corrected chi connectivity index (χ3v) is 5.56. The fraction of sp³-hybridized carbons (Fsp3) is 0.286. The highest BCUT2D eigenvalue weighted by Gasteiger charge is 2.35. The SMILES string of the molecule is NC(=O)C1CCCN1C(=O)c1sc2cccc(Br)c2c1N. The van der Waals surface area contributed by atoms with Crippen molar-refractivity contribution in [3.05, 3.63) is 27.5 Å². The minimum atomic E-state index is -0.523. The van der Waals surface area contributed by atoms with Gasteiger partial charge < -0.3 is 16.4 Å². The molecule has 7 heteroatoms. The maximum atomic E-state index is 12.7. The van der Waals surface area contributed by atoms with Crippen molar-refractivity contribution in [2.75, 3.05) is 12.3 Å². The number of anilines is 1. The van der Waals surface area contributed by atoms with Gasteiger partial charge in [0, 0.05) is 21.1 Å². The van der Waals surface area contributed by atoms with Crippen LogP contribution in [-0.2, 0) is 4.79 Å². The molecule has 2 heterocycles. The Balaban J connectivity index is 2.04. The summed E-state index contributed by atoms with van der Waals surface area (Å²) in [6.07, 6.45) is 1.41. The van der Waals surface area contributed by atoms with Crippen LogP contribution in [0.5, 0.6) is 0 Å². The summed E-state index contributed by atoms with van der Waals surface area (Å²) < 4.78 is 1.81. The summed E-state index contributed by atoms with van der Waals surface area (Å²) in [5.74, 6) is -0.663. The first-order valence-corrected chi connectivity index (χ1v) is 8.18. The number of hydrogen-bond donors (Lipinski definition) is 2. The lowest BCUT2D eigenvalue weighted by molar-refractivity contribution is -0.121. The number of likely N-dealkylation sites (tertiary alicyclic amines) is 1. The molecule has 3 rings (SSSR count). The molecule has 0 saturated carbocycles. The van der Waals surface area contributed by atoms with Gasteiger partial charge in [0.15, 0.2) is 0 Å². The maximum absolute atomic E-state index is 12.7. The second-order valence-electron chi connectivity index (χ2n) is 5.02. The Morgan fingerprint density at radius 3 is 2.81 bits per heavy atom. The highest BCUT2D eigenvalue weighted by molar-refractivity contribution is 9.10. The van der Waals surface area contributed by atoms with Crippen LogP contribution < -0.4 is 11.5 Å². The molecule has 1 atom stereocenters. The van der Waals surface area contributed by atoms with Crippen molar-refractivity contribution >= 4 is 54.9 Å². The molecule has 1 unspecified atom stereocenters. The van der Waals surface area contributed by atoms with Gasteiger partial charge >= 0.3 is 0 Å². The Hall–Kier alpha value is -1.60. The third-order valence-electron chi connectivity index (χ3n) is 3.74. The molecule has 2 aromatic rings. The van der Waals surface area contributed by atoms with E-state index in [0.29, 0.717) is 23.5 Å². The van der Waals surface area contributed by atoms with Crippen molar-refractivity contribution in [3.8, 4) is 0 Å². The molecule has 110 valence electrons. The zero-order valence-electron chi connectivity index (χ0n) is 11.1. The molecule has 0 radical (unpaired) electrons. The normalized spacial score (nSPS) is 18.3. The van der Waals surface area contributed by atoms with Gasteiger partial charge in [-0.05, 0) is 25.0 Å². The van der Waals surface area contributed by atoms with E-state index in [2.05, 4.69) is 15.9 Å². The van der Waals surface area contributed by atoms with Crippen LogP contribution in [0.2, 0.25) is 0 Å². The molecule has 1 aliphatic heterocycles. The van der Waals surface area contributed by atoms with Crippen molar-refractivity contribution in [2.45, 2.75) is 18.9 Å². The Bertz CT molecular complexity index is 743. The van der Waals surface area contributed by atoms with Gasteiger partial charge in [0.25, 0.3) is 5.91 Å². The number of carbonyl (C=O) groups excluding carboxylic acids is 2. The molecule has 1 aliphatic rings. The number of fused-ring (bicyclic) bond motifs is 1. The Morgan fingerprint density at radius 1 is 1.38 bits per heavy atom. The Labute approximate surface area is 134 Å². The Morgan fingerprint density at radius 2 is 2.14 bits per heavy atom. The smallest absolute Gasteiger partial charge is 0.266 e. The molecular formula is C14H14BrN3O2S. The van der Waals surface area contributed by atoms with Crippen molar-refractivity contribution in [1.29, 1.82) is 0 Å². The van der Waals surface area contributed by atoms with Gasteiger partial charge in [-0.1, -0.05) is 22.0 Å². The first-order chi connectivity index (χ1) is 10.0. The van der Waals surface area contributed by atoms with Crippen LogP contribution in [0.15, 0.2) is 22.7 Å². The fourth-order valence-electron chi connectivity index (χ4n) is 2.72. The number of halogens is 1. The largest absolute Gasteiger partial charge is 0.397 e. The van der Waals surface area contributed by atoms with Crippen molar-refractivity contribution in [3.63, 3.8) is 0 Å². The van der Waals surface area contributed by atoms with Crippen LogP contribution >= 0.6 is 27.3 Å². The number of carbonyl (C=O) groups is 2. The molecule has 4 N–H and O–H groups in total. The summed E-state index contributed by atoms with van der Waals surface area (Å²) in [5, 5.41) is 0.848. The van der Waals surface area contributed by atoms with Gasteiger partial charge in [0.05, 0.1) is 5.69 Å². The van der Waals surface area contributed by atoms with Crippen LogP contribution in [-0.4, -0.2) is 29.3 Å². The van der Waals surface area contributed by atoms with Gasteiger partial charge in [0.1, 0.15) is 10.9 Å². The van der Waals surface area contributed by atoms with E-state index in [1.165, 1.54) is 16.2 Å². The summed E-state index contributed by atoms with van der Waals surface area (Å²) in [6.45, 7) is 0.543. The monoisotopic (exact) mass is 367 g/mol. The van der Waals surface area contributed by atoms with E-state index in [1.54, 1.807) is 0 Å². The fourth-order valence-corrected chi connectivity index (χ4v) is 4.54. The van der Waals surface area contributed by atoms with Crippen LogP contribution in [0.1, 0.15) is 22.5 Å². The maximum Gasteiger partial charge on any atom is 0.266 e. The van der Waals surface area contributed by atoms with E-state index in [0.717, 1.165) is 21.0 Å². The van der Waals surface area contributed by atoms with E-state index < -0.39 is 11.9 Å². The zero-order chi connectivity index (χ0) is 15.1. The minimum absolute atomic E-state index is 0.207. The van der Waals surface area contributed by atoms with E-state index in [4.69, 9.17) is 11.5 Å². The number of nitrogens with zero attached hydrogens (tertiary/aromatic N) is 1. The molecule has 1 aromatic heterocycles. The van der Waals surface area contributed by atoms with Crippen LogP contribution in [0.3, 0.4) is 0 Å². The molecule has 1 fully saturated rings. The number of nitrogen functional groups attached to an aromatic ring is 1. The molecular weight excluding hydrogens is 354 g/mol. The van der Waals surface area contributed by atoms with Crippen LogP contribution in [0.4, 0.5) is 5.69 Å². The molecule has 2 amide bonds. The van der Waals surface area contributed by atoms with E-state index in [1.807, 2.05) is 18.2 Å². The highest BCUT2D eigenvalue weighted by atomic mass is 79.9. The summed E-state index contributed by atoms with van der Waals surface area (Å²) >= 11 is 4.80. The highest BCUT2D eigenvalue weighted by Crippen LogP contribution is 2.39. The average molecular weight is 368 g/mol. The molecule has 0 aliphatic carbocycles. The number of hydrogen-bond acceptors (Lipinski definition) is 4. The topological polar surface area (TPSA) is 89.4 Å². The average Bonchev–Trinajstić information content (AvgIpc) is 3.04. The second kappa shape index (κ2) is 5.31. The number of thiophene rings is 1. The third kappa shape index (κ3) is 2.30. The number of primary amides is 1. The van der Waals surface area contributed by atoms with Gasteiger partial charge in [-0.15, -0.1) is 11.3 Å². The van der Waals surface area contributed by atoms with Gasteiger partial charge in [0.2, 0.25) is 5.91 Å². The summed E-state index contributed by atoms with van der Waals surface area (Å²) in [5.41, 5.74) is 12.0. The summed E-state index contributed by atoms with van der Waals surface area (Å²) in [4.78, 5) is 26.2. The van der Waals surface area contributed by atoms with Gasteiger partial charge in [-0.3, -0.25) is 9.59 Å². The predicted octanol–water partition coefficient (Wildman–Crippen LogP) is 2.34. The zero-order valence-corrected chi connectivity index (χ0v) is 13.5. The first kappa shape index (κ1) is 14.3. The number of benzene rings is 1. The molecule has 1 aromatic carbocycles. The van der Waals surface area contributed by atoms with Crippen molar-refractivity contribution in [2.24, 2.45) is 5.73 Å². The van der Waals surface area contributed by atoms with Crippen molar-refractivity contribution < 1.29 is 9.59 Å². The quantitative estimate of drug-likeness (QED) is 0.853. The van der Waals surface area contributed by atoms with E-state index in [9.17, 15) is 9.59 Å². The number of nitrogens with two attached hydrogens (primary N) is 2. The molecule has 21 heavy (non-hydrogen) atoms. The molecule has 5 nitrogen and oxygen atoms in total. The molecule has 0 bridgehead atoms. The Kier molecular flexibility index (Phi) is 3.62. The number of rotatable bonds is 2. The lowest BCUT2D eigenvalue weighted by atomic mass is 10.2. The first-order valence-electron chi connectivity index (χ1n) is 6.57.